The molecular formula is C13H16N4O2. The molecule has 0 aliphatic carbocycles. The summed E-state index contributed by atoms with van der Waals surface area (Å²) in [6.07, 6.45) is 3.34. The molecule has 0 aliphatic rings. The second-order valence-corrected chi connectivity index (χ2v) is 4.62. The van der Waals surface area contributed by atoms with Crippen molar-refractivity contribution < 1.29 is 9.32 Å². The largest absolute Gasteiger partial charge is 0.344 e. The van der Waals surface area contributed by atoms with E-state index in [2.05, 4.69) is 20.4 Å². The van der Waals surface area contributed by atoms with Crippen LogP contribution in [0.15, 0.2) is 29.0 Å². The minimum absolute atomic E-state index is 0.125. The Labute approximate surface area is 111 Å². The van der Waals surface area contributed by atoms with Gasteiger partial charge in [-0.2, -0.15) is 4.98 Å². The van der Waals surface area contributed by atoms with Crippen LogP contribution in [0.2, 0.25) is 0 Å². The third kappa shape index (κ3) is 3.15. The highest BCUT2D eigenvalue weighted by atomic mass is 16.5. The van der Waals surface area contributed by atoms with Crippen LogP contribution in [-0.2, 0) is 4.79 Å². The van der Waals surface area contributed by atoms with E-state index in [9.17, 15) is 4.79 Å². The van der Waals surface area contributed by atoms with E-state index < -0.39 is 0 Å². The van der Waals surface area contributed by atoms with E-state index in [0.29, 0.717) is 11.7 Å². The third-order valence-electron chi connectivity index (χ3n) is 2.65. The molecule has 2 heterocycles. The summed E-state index contributed by atoms with van der Waals surface area (Å²) in [5, 5.41) is 6.73. The van der Waals surface area contributed by atoms with Gasteiger partial charge < -0.3 is 9.84 Å². The molecule has 0 aliphatic heterocycles. The van der Waals surface area contributed by atoms with Crippen molar-refractivity contribution >= 4 is 5.91 Å². The lowest BCUT2D eigenvalue weighted by Crippen LogP contribution is -2.29. The molecule has 2 aromatic rings. The predicted molar refractivity (Wildman–Crippen MR) is 68.9 cm³/mol. The monoisotopic (exact) mass is 260 g/mol. The van der Waals surface area contributed by atoms with Crippen LogP contribution < -0.4 is 5.32 Å². The van der Waals surface area contributed by atoms with Gasteiger partial charge in [-0.1, -0.05) is 19.0 Å². The first-order valence-corrected chi connectivity index (χ1v) is 6.09. The van der Waals surface area contributed by atoms with Gasteiger partial charge in [-0.25, -0.2) is 0 Å². The molecule has 1 N–H and O–H groups in total. The minimum atomic E-state index is -0.282. The molecule has 0 bridgehead atoms. The molecule has 1 atom stereocenters. The lowest BCUT2D eigenvalue weighted by Gasteiger charge is -2.16. The van der Waals surface area contributed by atoms with Crippen LogP contribution >= 0.6 is 0 Å². The van der Waals surface area contributed by atoms with E-state index in [1.807, 2.05) is 19.9 Å². The summed E-state index contributed by atoms with van der Waals surface area (Å²) in [6.45, 7) is 5.43. The van der Waals surface area contributed by atoms with Crippen molar-refractivity contribution in [3.63, 3.8) is 0 Å². The molecular weight excluding hydrogens is 244 g/mol. The van der Waals surface area contributed by atoms with Gasteiger partial charge in [0.1, 0.15) is 6.04 Å². The average Bonchev–Trinajstić information content (AvgIpc) is 2.86. The summed E-state index contributed by atoms with van der Waals surface area (Å²) in [4.78, 5) is 19.5. The van der Waals surface area contributed by atoms with Crippen molar-refractivity contribution in [3.05, 3.63) is 30.4 Å². The van der Waals surface area contributed by atoms with E-state index in [1.54, 1.807) is 18.5 Å². The first-order valence-electron chi connectivity index (χ1n) is 6.09. The molecule has 0 fully saturated rings. The Morgan fingerprint density at radius 1 is 1.42 bits per heavy atom. The maximum absolute atomic E-state index is 11.2. The molecule has 0 saturated heterocycles. The van der Waals surface area contributed by atoms with Gasteiger partial charge in [0, 0.05) is 24.9 Å². The van der Waals surface area contributed by atoms with Crippen molar-refractivity contribution in [2.45, 2.75) is 26.8 Å². The van der Waals surface area contributed by atoms with Crippen molar-refractivity contribution in [2.24, 2.45) is 5.92 Å². The molecule has 1 amide bonds. The number of carbonyl (C=O) groups is 1. The summed E-state index contributed by atoms with van der Waals surface area (Å²) in [6, 6.07) is 3.37. The zero-order valence-corrected chi connectivity index (χ0v) is 11.1. The second-order valence-electron chi connectivity index (χ2n) is 4.62. The van der Waals surface area contributed by atoms with Crippen molar-refractivity contribution in [1.82, 2.24) is 20.4 Å². The predicted octanol–water partition coefficient (Wildman–Crippen LogP) is 1.96. The Morgan fingerprint density at radius 3 is 2.79 bits per heavy atom. The number of amides is 1. The first kappa shape index (κ1) is 13.2. The Morgan fingerprint density at radius 2 is 2.21 bits per heavy atom. The van der Waals surface area contributed by atoms with Crippen LogP contribution in [0.25, 0.3) is 11.4 Å². The standard InChI is InChI=1S/C13H16N4O2/c1-8(2)11(15-9(3)18)13-16-12(17-19-13)10-5-4-6-14-7-10/h4-8,11H,1-3H3,(H,15,18). The van der Waals surface area contributed by atoms with Crippen LogP contribution in [0, 0.1) is 5.92 Å². The SMILES string of the molecule is CC(=O)NC(c1nc(-c2cccnc2)no1)C(C)C. The number of rotatable bonds is 4. The van der Waals surface area contributed by atoms with Gasteiger partial charge in [0.15, 0.2) is 0 Å². The van der Waals surface area contributed by atoms with E-state index in [1.165, 1.54) is 6.92 Å². The van der Waals surface area contributed by atoms with Gasteiger partial charge in [0.05, 0.1) is 0 Å². The van der Waals surface area contributed by atoms with Crippen molar-refractivity contribution in [2.75, 3.05) is 0 Å². The Kier molecular flexibility index (Phi) is 3.89. The number of hydrogen-bond acceptors (Lipinski definition) is 5. The van der Waals surface area contributed by atoms with E-state index in [4.69, 9.17) is 4.52 Å². The molecule has 1 unspecified atom stereocenters. The van der Waals surface area contributed by atoms with Crippen LogP contribution in [0.5, 0.6) is 0 Å². The Hall–Kier alpha value is -2.24. The van der Waals surface area contributed by atoms with Gasteiger partial charge in [0.25, 0.3) is 0 Å². The Bertz CT molecular complexity index is 551. The lowest BCUT2D eigenvalue weighted by molar-refractivity contribution is -0.120. The molecule has 2 aromatic heterocycles. The van der Waals surface area contributed by atoms with E-state index >= 15 is 0 Å². The third-order valence-corrected chi connectivity index (χ3v) is 2.65. The maximum atomic E-state index is 11.2. The van der Waals surface area contributed by atoms with Crippen molar-refractivity contribution in [3.8, 4) is 11.4 Å². The number of nitrogens with one attached hydrogen (secondary N) is 1. The average molecular weight is 260 g/mol. The number of pyridine rings is 1. The quantitative estimate of drug-likeness (QED) is 0.908. The fourth-order valence-electron chi connectivity index (χ4n) is 1.71. The van der Waals surface area contributed by atoms with Gasteiger partial charge in [-0.05, 0) is 18.1 Å². The number of carbonyl (C=O) groups excluding carboxylic acids is 1. The molecule has 0 spiro atoms. The summed E-state index contributed by atoms with van der Waals surface area (Å²) in [5.74, 6) is 0.911. The summed E-state index contributed by atoms with van der Waals surface area (Å²) in [5.41, 5.74) is 0.780. The van der Waals surface area contributed by atoms with Gasteiger partial charge in [-0.3, -0.25) is 9.78 Å². The molecule has 6 heteroatoms. The van der Waals surface area contributed by atoms with E-state index in [0.717, 1.165) is 5.56 Å². The first-order chi connectivity index (χ1) is 9.08. The van der Waals surface area contributed by atoms with Gasteiger partial charge in [0.2, 0.25) is 17.6 Å². The van der Waals surface area contributed by atoms with E-state index in [-0.39, 0.29) is 17.9 Å². The lowest BCUT2D eigenvalue weighted by atomic mass is 10.0. The summed E-state index contributed by atoms with van der Waals surface area (Å²) < 4.78 is 5.24. The van der Waals surface area contributed by atoms with Crippen LogP contribution in [-0.4, -0.2) is 21.0 Å². The van der Waals surface area contributed by atoms with Crippen LogP contribution in [0.1, 0.15) is 32.7 Å². The fraction of sp³-hybridized carbons (Fsp3) is 0.385. The highest BCUT2D eigenvalue weighted by Crippen LogP contribution is 2.22. The Balaban J connectivity index is 2.26. The smallest absolute Gasteiger partial charge is 0.249 e. The van der Waals surface area contributed by atoms with Crippen molar-refractivity contribution in [1.29, 1.82) is 0 Å². The normalized spacial score (nSPS) is 12.4. The molecule has 0 radical (unpaired) electrons. The molecule has 19 heavy (non-hydrogen) atoms. The fourth-order valence-corrected chi connectivity index (χ4v) is 1.71. The molecule has 6 nitrogen and oxygen atoms in total. The number of hydrogen-bond donors (Lipinski definition) is 1. The molecule has 100 valence electrons. The molecule has 0 saturated carbocycles. The maximum Gasteiger partial charge on any atom is 0.249 e. The zero-order valence-electron chi connectivity index (χ0n) is 11.1. The van der Waals surface area contributed by atoms with Crippen LogP contribution in [0.3, 0.4) is 0 Å². The van der Waals surface area contributed by atoms with Gasteiger partial charge >= 0.3 is 0 Å². The minimum Gasteiger partial charge on any atom is -0.344 e. The highest BCUT2D eigenvalue weighted by Gasteiger charge is 2.23. The number of aromatic nitrogens is 3. The molecule has 2 rings (SSSR count). The number of nitrogens with zero attached hydrogens (tertiary/aromatic N) is 3. The van der Waals surface area contributed by atoms with Crippen LogP contribution in [0.4, 0.5) is 0 Å². The summed E-state index contributed by atoms with van der Waals surface area (Å²) in [7, 11) is 0. The topological polar surface area (TPSA) is 80.9 Å². The zero-order chi connectivity index (χ0) is 13.8. The van der Waals surface area contributed by atoms with Gasteiger partial charge in [-0.15, -0.1) is 0 Å². The second kappa shape index (κ2) is 5.60. The molecule has 0 aromatic carbocycles. The highest BCUT2D eigenvalue weighted by molar-refractivity contribution is 5.73. The summed E-state index contributed by atoms with van der Waals surface area (Å²) >= 11 is 0.